The number of anilines is 2. The highest BCUT2D eigenvalue weighted by Gasteiger charge is 2.21. The summed E-state index contributed by atoms with van der Waals surface area (Å²) in [5.74, 6) is -1.39. The van der Waals surface area contributed by atoms with Gasteiger partial charge in [0.05, 0.1) is 19.6 Å². The monoisotopic (exact) mass is 669 g/mol. The van der Waals surface area contributed by atoms with Crippen molar-refractivity contribution in [1.82, 2.24) is 24.9 Å². The standard InChI is InChI=1S/C30H53N7O7.CH2O2/c1-4-23(3)8-6-7-9-32-27-28(30(44)29(27)43)33-11-10-31-24(38)20-35-14-12-34(5-2)13-15-36(21-25(39)40)18-19-37(17-16-35)22-26(41)42;2-1-3/h23,32-33H,4-22H2,1-3H3,(H,31,38)(H,39,40)(H,41,42);1H,(H,2,3). The molecule has 0 spiro atoms. The van der Waals surface area contributed by atoms with Gasteiger partial charge >= 0.3 is 11.9 Å². The first kappa shape index (κ1) is 41.4. The van der Waals surface area contributed by atoms with Crippen LogP contribution in [0.15, 0.2) is 9.59 Å². The first-order valence-corrected chi connectivity index (χ1v) is 16.4. The summed E-state index contributed by atoms with van der Waals surface area (Å²) in [4.78, 5) is 75.9. The van der Waals surface area contributed by atoms with Gasteiger partial charge in [0.2, 0.25) is 5.91 Å². The quantitative estimate of drug-likeness (QED) is 0.0664. The normalized spacial score (nSPS) is 16.6. The fourth-order valence-electron chi connectivity index (χ4n) is 5.16. The van der Waals surface area contributed by atoms with Crippen LogP contribution >= 0.6 is 0 Å². The molecule has 1 aromatic carbocycles. The van der Waals surface area contributed by atoms with E-state index in [1.165, 1.54) is 0 Å². The molecule has 6 N–H and O–H groups in total. The lowest BCUT2D eigenvalue weighted by Crippen LogP contribution is -2.49. The summed E-state index contributed by atoms with van der Waals surface area (Å²) >= 11 is 0. The van der Waals surface area contributed by atoms with E-state index < -0.39 is 22.8 Å². The molecule has 16 nitrogen and oxygen atoms in total. The van der Waals surface area contributed by atoms with Gasteiger partial charge in [-0.3, -0.25) is 43.5 Å². The topological polar surface area (TPSA) is 212 Å². The minimum Gasteiger partial charge on any atom is -0.483 e. The first-order chi connectivity index (χ1) is 22.4. The minimum atomic E-state index is -0.961. The van der Waals surface area contributed by atoms with Gasteiger partial charge < -0.3 is 36.2 Å². The highest BCUT2D eigenvalue weighted by atomic mass is 16.4. The van der Waals surface area contributed by atoms with Crippen molar-refractivity contribution in [2.24, 2.45) is 5.92 Å². The van der Waals surface area contributed by atoms with Gasteiger partial charge in [0.15, 0.2) is 0 Å². The number of hydrogen-bond donors (Lipinski definition) is 6. The molecule has 0 saturated carbocycles. The van der Waals surface area contributed by atoms with Gasteiger partial charge in [0, 0.05) is 72.0 Å². The Hall–Kier alpha value is -3.60. The average Bonchev–Trinajstić information content (AvgIpc) is 3.02. The van der Waals surface area contributed by atoms with Crippen molar-refractivity contribution >= 4 is 35.7 Å². The zero-order valence-corrected chi connectivity index (χ0v) is 28.2. The van der Waals surface area contributed by atoms with Crippen molar-refractivity contribution in [3.8, 4) is 0 Å². The second-order valence-electron chi connectivity index (χ2n) is 11.8. The van der Waals surface area contributed by atoms with Gasteiger partial charge in [-0.2, -0.15) is 0 Å². The molecule has 1 aliphatic heterocycles. The minimum absolute atomic E-state index is 0.0995. The highest BCUT2D eigenvalue weighted by molar-refractivity contribution is 5.78. The van der Waals surface area contributed by atoms with Crippen molar-refractivity contribution in [3.05, 3.63) is 20.4 Å². The molecule has 0 bridgehead atoms. The number of unbranched alkanes of at least 4 members (excludes halogenated alkanes) is 1. The van der Waals surface area contributed by atoms with Gasteiger partial charge in [-0.1, -0.05) is 40.0 Å². The smallest absolute Gasteiger partial charge is 0.317 e. The van der Waals surface area contributed by atoms with E-state index in [0.29, 0.717) is 77.1 Å². The summed E-state index contributed by atoms with van der Waals surface area (Å²) in [7, 11) is 0. The second kappa shape index (κ2) is 23.7. The largest absolute Gasteiger partial charge is 0.483 e. The van der Waals surface area contributed by atoms with E-state index in [9.17, 15) is 34.2 Å². The third kappa shape index (κ3) is 17.2. The Kier molecular flexibility index (Phi) is 20.9. The SMILES string of the molecule is CCC(C)CCCCNc1c(NCCNC(=O)CN2CCN(CC)CCN(CC(=O)O)CCN(CC(=O)O)CC2)c(=O)c1=O.O=CO. The second-order valence-corrected chi connectivity index (χ2v) is 11.8. The molecule has 1 atom stereocenters. The van der Waals surface area contributed by atoms with Crippen molar-refractivity contribution in [2.45, 2.75) is 46.5 Å². The molecule has 47 heavy (non-hydrogen) atoms. The van der Waals surface area contributed by atoms with Gasteiger partial charge in [0.1, 0.15) is 11.4 Å². The summed E-state index contributed by atoms with van der Waals surface area (Å²) < 4.78 is 0. The van der Waals surface area contributed by atoms with Crippen LogP contribution in [0.5, 0.6) is 0 Å². The molecule has 1 saturated heterocycles. The fraction of sp³-hybridized carbons (Fsp3) is 0.742. The summed E-state index contributed by atoms with van der Waals surface area (Å²) in [5, 5.41) is 34.5. The van der Waals surface area contributed by atoms with E-state index in [0.717, 1.165) is 32.2 Å². The molecule has 2 rings (SSSR count). The number of carboxylic acids is 2. The molecule has 0 aliphatic carbocycles. The van der Waals surface area contributed by atoms with Crippen LogP contribution in [0.25, 0.3) is 0 Å². The van der Waals surface area contributed by atoms with Crippen molar-refractivity contribution in [1.29, 1.82) is 0 Å². The van der Waals surface area contributed by atoms with Crippen LogP contribution in [0.4, 0.5) is 11.4 Å². The Morgan fingerprint density at radius 1 is 0.723 bits per heavy atom. The molecule has 1 fully saturated rings. The van der Waals surface area contributed by atoms with Crippen LogP contribution in [0, 0.1) is 5.92 Å². The highest BCUT2D eigenvalue weighted by Crippen LogP contribution is 2.15. The zero-order chi connectivity index (χ0) is 35.2. The lowest BCUT2D eigenvalue weighted by molar-refractivity contribution is -0.140. The molecule has 1 unspecified atom stereocenters. The van der Waals surface area contributed by atoms with E-state index in [4.69, 9.17) is 9.90 Å². The summed E-state index contributed by atoms with van der Waals surface area (Å²) in [6, 6.07) is 0. The summed E-state index contributed by atoms with van der Waals surface area (Å²) in [5.41, 5.74) is -0.465. The maximum absolute atomic E-state index is 12.8. The lowest BCUT2D eigenvalue weighted by atomic mass is 10.0. The number of amides is 1. The average molecular weight is 670 g/mol. The Morgan fingerprint density at radius 3 is 1.57 bits per heavy atom. The number of aliphatic carboxylic acids is 2. The summed E-state index contributed by atoms with van der Waals surface area (Å²) in [6.45, 7) is 12.3. The first-order valence-electron chi connectivity index (χ1n) is 16.4. The predicted octanol–water partition coefficient (Wildman–Crippen LogP) is -0.449. The third-order valence-corrected chi connectivity index (χ3v) is 8.24. The summed E-state index contributed by atoms with van der Waals surface area (Å²) in [6.07, 6.45) is 4.26. The molecular weight excluding hydrogens is 614 g/mol. The van der Waals surface area contributed by atoms with Crippen LogP contribution in [0.1, 0.15) is 46.5 Å². The van der Waals surface area contributed by atoms with E-state index in [1.54, 1.807) is 4.90 Å². The maximum Gasteiger partial charge on any atom is 0.317 e. The molecule has 1 aliphatic rings. The Balaban J connectivity index is 0.00000354. The number of carboxylic acid groups (broad SMARTS) is 3. The van der Waals surface area contributed by atoms with E-state index in [2.05, 4.69) is 34.7 Å². The molecular formula is C31H55N7O9. The fourth-order valence-corrected chi connectivity index (χ4v) is 5.16. The van der Waals surface area contributed by atoms with Crippen LogP contribution < -0.4 is 26.8 Å². The van der Waals surface area contributed by atoms with E-state index in [-0.39, 0.29) is 44.2 Å². The van der Waals surface area contributed by atoms with Crippen molar-refractivity contribution in [3.63, 3.8) is 0 Å². The van der Waals surface area contributed by atoms with E-state index in [1.807, 2.05) is 16.7 Å². The van der Waals surface area contributed by atoms with Gasteiger partial charge in [-0.15, -0.1) is 0 Å². The molecule has 0 radical (unpaired) electrons. The number of hydrogen-bond acceptors (Lipinski definition) is 12. The van der Waals surface area contributed by atoms with Gasteiger partial charge in [0.25, 0.3) is 17.3 Å². The number of rotatable bonds is 18. The molecule has 1 aromatic rings. The lowest BCUT2D eigenvalue weighted by Gasteiger charge is -2.33. The van der Waals surface area contributed by atoms with Crippen molar-refractivity contribution < 1.29 is 34.5 Å². The maximum atomic E-state index is 12.8. The van der Waals surface area contributed by atoms with Crippen LogP contribution in [0.2, 0.25) is 0 Å². The number of carbonyl (C=O) groups excluding carboxylic acids is 1. The predicted molar refractivity (Wildman–Crippen MR) is 180 cm³/mol. The van der Waals surface area contributed by atoms with Gasteiger partial charge in [-0.25, -0.2) is 0 Å². The third-order valence-electron chi connectivity index (χ3n) is 8.24. The van der Waals surface area contributed by atoms with Gasteiger partial charge in [-0.05, 0) is 18.9 Å². The van der Waals surface area contributed by atoms with Crippen LogP contribution in [-0.4, -0.2) is 157 Å². The van der Waals surface area contributed by atoms with Crippen LogP contribution in [-0.2, 0) is 19.2 Å². The zero-order valence-electron chi connectivity index (χ0n) is 28.2. The Labute approximate surface area is 276 Å². The number of nitrogens with zero attached hydrogens (tertiary/aromatic N) is 4. The Morgan fingerprint density at radius 2 is 1.15 bits per heavy atom. The molecule has 1 heterocycles. The number of carbonyl (C=O) groups is 4. The van der Waals surface area contributed by atoms with E-state index >= 15 is 0 Å². The molecule has 0 aromatic heterocycles. The van der Waals surface area contributed by atoms with Crippen LogP contribution in [0.3, 0.4) is 0 Å². The molecule has 268 valence electrons. The molecule has 1 amide bonds. The van der Waals surface area contributed by atoms with Crippen molar-refractivity contribution in [2.75, 3.05) is 109 Å². The number of nitrogens with one attached hydrogen (secondary N) is 3. The Bertz CT molecular complexity index is 1160. The molecule has 16 heteroatoms. The number of likely N-dealkylation sites (N-methyl/N-ethyl adjacent to an activating group) is 1.